The van der Waals surface area contributed by atoms with Gasteiger partial charge in [0, 0.05) is 12.0 Å². The molecule has 0 saturated carbocycles. The predicted molar refractivity (Wildman–Crippen MR) is 131 cm³/mol. The van der Waals surface area contributed by atoms with E-state index in [4.69, 9.17) is 9.72 Å². The molecule has 1 aliphatic rings. The monoisotopic (exact) mass is 471 g/mol. The topological polar surface area (TPSA) is 73.2 Å². The van der Waals surface area contributed by atoms with Crippen molar-refractivity contribution < 1.29 is 9.53 Å². The molecule has 0 aliphatic heterocycles. The number of aryl methyl sites for hydroxylation is 3. The number of thioether (sulfide) groups is 1. The fourth-order valence-electron chi connectivity index (χ4n) is 4.18. The lowest BCUT2D eigenvalue weighted by atomic mass is 9.88. The zero-order valence-corrected chi connectivity index (χ0v) is 20.6. The standard InChI is InChI=1S/C24H29N3O3S2/c1-14-15(2)31-22-20(14)23(29)27(12-13-30-4)24(26-22)32-16(3)21(28)25-19-11-7-9-17-8-5-6-10-18(17)19/h5-6,8,10,16,19H,7,9,11-13H2,1-4H3,(H,25,28)/t16-,19-/m0/s1. The van der Waals surface area contributed by atoms with Gasteiger partial charge in [0.15, 0.2) is 5.16 Å². The Morgan fingerprint density at radius 1 is 1.38 bits per heavy atom. The number of hydrogen-bond acceptors (Lipinski definition) is 6. The molecule has 170 valence electrons. The summed E-state index contributed by atoms with van der Waals surface area (Å²) in [6.07, 6.45) is 3.06. The van der Waals surface area contributed by atoms with Crippen molar-refractivity contribution in [2.75, 3.05) is 13.7 Å². The summed E-state index contributed by atoms with van der Waals surface area (Å²) >= 11 is 2.86. The van der Waals surface area contributed by atoms with Crippen LogP contribution < -0.4 is 10.9 Å². The number of benzene rings is 1. The van der Waals surface area contributed by atoms with Crippen molar-refractivity contribution in [3.8, 4) is 0 Å². The predicted octanol–water partition coefficient (Wildman–Crippen LogP) is 4.40. The minimum absolute atomic E-state index is 0.0317. The summed E-state index contributed by atoms with van der Waals surface area (Å²) in [5.41, 5.74) is 3.44. The molecule has 1 amide bonds. The lowest BCUT2D eigenvalue weighted by molar-refractivity contribution is -0.121. The summed E-state index contributed by atoms with van der Waals surface area (Å²) in [5, 5.41) is 4.07. The third-order valence-electron chi connectivity index (χ3n) is 6.11. The van der Waals surface area contributed by atoms with E-state index in [9.17, 15) is 9.59 Å². The number of ether oxygens (including phenoxy) is 1. The molecule has 0 radical (unpaired) electrons. The highest BCUT2D eigenvalue weighted by Gasteiger charge is 2.26. The number of carbonyl (C=O) groups excluding carboxylic acids is 1. The van der Waals surface area contributed by atoms with Crippen LogP contribution in [-0.2, 0) is 22.5 Å². The van der Waals surface area contributed by atoms with Crippen molar-refractivity contribution in [3.05, 3.63) is 56.2 Å². The van der Waals surface area contributed by atoms with E-state index in [-0.39, 0.29) is 22.8 Å². The Balaban J connectivity index is 1.58. The second-order valence-electron chi connectivity index (χ2n) is 8.22. The normalized spacial score (nSPS) is 16.7. The molecule has 4 rings (SSSR count). The van der Waals surface area contributed by atoms with Crippen molar-refractivity contribution in [1.29, 1.82) is 0 Å². The van der Waals surface area contributed by atoms with Crippen LogP contribution in [0.3, 0.4) is 0 Å². The Labute approximate surface area is 196 Å². The van der Waals surface area contributed by atoms with Crippen molar-refractivity contribution in [3.63, 3.8) is 0 Å². The lowest BCUT2D eigenvalue weighted by Gasteiger charge is -2.27. The van der Waals surface area contributed by atoms with Gasteiger partial charge < -0.3 is 10.1 Å². The number of thiophene rings is 1. The van der Waals surface area contributed by atoms with Gasteiger partial charge in [-0.3, -0.25) is 14.2 Å². The largest absolute Gasteiger partial charge is 0.383 e. The molecule has 0 fully saturated rings. The highest BCUT2D eigenvalue weighted by atomic mass is 32.2. The van der Waals surface area contributed by atoms with E-state index in [1.807, 2.05) is 26.8 Å². The Morgan fingerprint density at radius 3 is 2.94 bits per heavy atom. The van der Waals surface area contributed by atoms with Gasteiger partial charge in [-0.2, -0.15) is 0 Å². The molecule has 6 nitrogen and oxygen atoms in total. The van der Waals surface area contributed by atoms with Gasteiger partial charge in [-0.05, 0) is 56.7 Å². The van der Waals surface area contributed by atoms with Crippen molar-refractivity contribution in [1.82, 2.24) is 14.9 Å². The third kappa shape index (κ3) is 4.49. The summed E-state index contributed by atoms with van der Waals surface area (Å²) in [4.78, 5) is 32.9. The van der Waals surface area contributed by atoms with E-state index in [2.05, 4.69) is 23.5 Å². The number of amides is 1. The first kappa shape index (κ1) is 23.0. The van der Waals surface area contributed by atoms with Gasteiger partial charge in [-0.1, -0.05) is 36.0 Å². The highest BCUT2D eigenvalue weighted by molar-refractivity contribution is 8.00. The molecule has 8 heteroatoms. The fourth-order valence-corrected chi connectivity index (χ4v) is 6.20. The maximum atomic E-state index is 13.3. The van der Waals surface area contributed by atoms with E-state index in [0.29, 0.717) is 23.7 Å². The van der Waals surface area contributed by atoms with E-state index in [1.165, 1.54) is 34.2 Å². The van der Waals surface area contributed by atoms with E-state index < -0.39 is 0 Å². The maximum absolute atomic E-state index is 13.3. The summed E-state index contributed by atoms with van der Waals surface area (Å²) in [6.45, 7) is 6.65. The van der Waals surface area contributed by atoms with E-state index in [1.54, 1.807) is 11.7 Å². The number of carbonyl (C=O) groups is 1. The van der Waals surface area contributed by atoms with Crippen LogP contribution in [0.5, 0.6) is 0 Å². The smallest absolute Gasteiger partial charge is 0.263 e. The fraction of sp³-hybridized carbons (Fsp3) is 0.458. The van der Waals surface area contributed by atoms with Gasteiger partial charge in [-0.15, -0.1) is 11.3 Å². The SMILES string of the molecule is COCCn1c(S[C@@H](C)C(=O)N[C@H]2CCCc3ccccc32)nc2sc(C)c(C)c2c1=O. The first-order valence-electron chi connectivity index (χ1n) is 10.9. The second kappa shape index (κ2) is 9.77. The number of fused-ring (bicyclic) bond motifs is 2. The summed E-state index contributed by atoms with van der Waals surface area (Å²) in [5.74, 6) is -0.0390. The number of hydrogen-bond donors (Lipinski definition) is 1. The van der Waals surface area contributed by atoms with E-state index >= 15 is 0 Å². The van der Waals surface area contributed by atoms with Crippen LogP contribution in [0.1, 0.15) is 47.4 Å². The lowest BCUT2D eigenvalue weighted by Crippen LogP contribution is -2.36. The van der Waals surface area contributed by atoms with Gasteiger partial charge in [0.1, 0.15) is 4.83 Å². The molecule has 0 saturated heterocycles. The summed E-state index contributed by atoms with van der Waals surface area (Å²) in [7, 11) is 1.61. The molecule has 32 heavy (non-hydrogen) atoms. The Morgan fingerprint density at radius 2 is 2.16 bits per heavy atom. The van der Waals surface area contributed by atoms with Crippen LogP contribution in [-0.4, -0.2) is 34.4 Å². The van der Waals surface area contributed by atoms with Crippen LogP contribution in [0.25, 0.3) is 10.2 Å². The van der Waals surface area contributed by atoms with E-state index in [0.717, 1.165) is 34.5 Å². The van der Waals surface area contributed by atoms with Gasteiger partial charge in [-0.25, -0.2) is 4.98 Å². The third-order valence-corrected chi connectivity index (χ3v) is 8.30. The molecule has 2 aromatic heterocycles. The molecule has 2 atom stereocenters. The average Bonchev–Trinajstić information content (AvgIpc) is 3.07. The molecule has 1 aliphatic carbocycles. The molecule has 2 heterocycles. The first-order valence-corrected chi connectivity index (χ1v) is 12.6. The zero-order chi connectivity index (χ0) is 22.8. The molecular formula is C24H29N3O3S2. The average molecular weight is 472 g/mol. The quantitative estimate of drug-likeness (QED) is 0.409. The van der Waals surface area contributed by atoms with Gasteiger partial charge in [0.2, 0.25) is 5.91 Å². The van der Waals surface area contributed by atoms with Gasteiger partial charge >= 0.3 is 0 Å². The molecular weight excluding hydrogens is 442 g/mol. The summed E-state index contributed by atoms with van der Waals surface area (Å²) < 4.78 is 6.86. The number of methoxy groups -OCH3 is 1. The number of aromatic nitrogens is 2. The zero-order valence-electron chi connectivity index (χ0n) is 18.9. The minimum Gasteiger partial charge on any atom is -0.383 e. The first-order chi connectivity index (χ1) is 15.4. The number of nitrogens with one attached hydrogen (secondary N) is 1. The molecule has 0 bridgehead atoms. The van der Waals surface area contributed by atoms with Crippen LogP contribution in [0.15, 0.2) is 34.2 Å². The van der Waals surface area contributed by atoms with Crippen LogP contribution in [0.2, 0.25) is 0 Å². The van der Waals surface area contributed by atoms with Crippen LogP contribution in [0.4, 0.5) is 0 Å². The summed E-state index contributed by atoms with van der Waals surface area (Å²) in [6, 6.07) is 8.36. The molecule has 1 N–H and O–H groups in total. The van der Waals surface area contributed by atoms with Crippen LogP contribution >= 0.6 is 23.1 Å². The van der Waals surface area contributed by atoms with Gasteiger partial charge in [0.25, 0.3) is 5.56 Å². The molecule has 3 aromatic rings. The molecule has 0 unspecified atom stereocenters. The van der Waals surface area contributed by atoms with Crippen molar-refractivity contribution >= 4 is 39.2 Å². The van der Waals surface area contributed by atoms with Crippen LogP contribution in [0, 0.1) is 13.8 Å². The van der Waals surface area contributed by atoms with Crippen molar-refractivity contribution in [2.24, 2.45) is 0 Å². The Bertz CT molecular complexity index is 1200. The Hall–Kier alpha value is -2.16. The molecule has 1 aromatic carbocycles. The highest BCUT2D eigenvalue weighted by Crippen LogP contribution is 2.32. The molecule has 0 spiro atoms. The maximum Gasteiger partial charge on any atom is 0.263 e. The number of rotatable bonds is 7. The number of nitrogens with zero attached hydrogens (tertiary/aromatic N) is 2. The Kier molecular flexibility index (Phi) is 7.02. The van der Waals surface area contributed by atoms with Gasteiger partial charge in [0.05, 0.1) is 29.8 Å². The second-order valence-corrected chi connectivity index (χ2v) is 10.7. The minimum atomic E-state index is -0.385. The van der Waals surface area contributed by atoms with Crippen molar-refractivity contribution in [2.45, 2.75) is 63.0 Å².